The third kappa shape index (κ3) is 3.45. The van der Waals surface area contributed by atoms with Crippen LogP contribution in [0.15, 0.2) is 23.1 Å². The zero-order valence-electron chi connectivity index (χ0n) is 14.6. The number of carbonyl (C=O) groups excluding carboxylic acids is 2. The molecule has 142 valence electrons. The van der Waals surface area contributed by atoms with Gasteiger partial charge < -0.3 is 14.5 Å². The minimum Gasteiger partial charge on any atom is -0.383 e. The fourth-order valence-electron chi connectivity index (χ4n) is 3.57. The standard InChI is InChI=1S/C17H21ClN2O5S/c1-19(17(22)11-7-16(21)20(9-11)5-6-25-2)14-10-26(23,24)15-4-3-12(18)8-13(14)15/h3-4,8,11,14H,5-7,9-10H2,1-2H3. The van der Waals surface area contributed by atoms with Crippen molar-refractivity contribution in [3.63, 3.8) is 0 Å². The number of fused-ring (bicyclic) bond motifs is 1. The predicted octanol–water partition coefficient (Wildman–Crippen LogP) is 1.12. The van der Waals surface area contributed by atoms with E-state index in [2.05, 4.69) is 0 Å². The van der Waals surface area contributed by atoms with E-state index in [1.54, 1.807) is 25.1 Å². The van der Waals surface area contributed by atoms with Crippen molar-refractivity contribution >= 4 is 33.3 Å². The largest absolute Gasteiger partial charge is 0.383 e. The molecule has 2 atom stereocenters. The Bertz CT molecular complexity index is 842. The van der Waals surface area contributed by atoms with E-state index >= 15 is 0 Å². The SMILES string of the molecule is COCCN1CC(C(=O)N(C)C2CS(=O)(=O)c3ccc(Cl)cc32)CC1=O. The maximum atomic E-state index is 12.9. The lowest BCUT2D eigenvalue weighted by Crippen LogP contribution is -2.38. The smallest absolute Gasteiger partial charge is 0.228 e. The Kier molecular flexibility index (Phi) is 5.28. The molecule has 0 aliphatic carbocycles. The summed E-state index contributed by atoms with van der Waals surface area (Å²) in [7, 11) is -0.314. The number of carbonyl (C=O) groups is 2. The van der Waals surface area contributed by atoms with Gasteiger partial charge in [-0.05, 0) is 23.8 Å². The first-order chi connectivity index (χ1) is 12.2. The summed E-state index contributed by atoms with van der Waals surface area (Å²) in [5.74, 6) is -0.961. The van der Waals surface area contributed by atoms with Crippen LogP contribution < -0.4 is 0 Å². The molecule has 3 rings (SSSR count). The number of sulfone groups is 1. The minimum absolute atomic E-state index is 0.0868. The summed E-state index contributed by atoms with van der Waals surface area (Å²) in [6, 6.07) is 4.02. The fraction of sp³-hybridized carbons (Fsp3) is 0.529. The van der Waals surface area contributed by atoms with Crippen LogP contribution in [0.25, 0.3) is 0 Å². The summed E-state index contributed by atoms with van der Waals surface area (Å²) in [5.41, 5.74) is 0.536. The van der Waals surface area contributed by atoms with Crippen molar-refractivity contribution in [2.75, 3.05) is 39.6 Å². The van der Waals surface area contributed by atoms with E-state index in [1.807, 2.05) is 0 Å². The van der Waals surface area contributed by atoms with E-state index in [-0.39, 0.29) is 28.9 Å². The minimum atomic E-state index is -3.45. The summed E-state index contributed by atoms with van der Waals surface area (Å²) >= 11 is 6.02. The maximum Gasteiger partial charge on any atom is 0.228 e. The fourth-order valence-corrected chi connectivity index (χ4v) is 5.58. The first kappa shape index (κ1) is 19.1. The topological polar surface area (TPSA) is 84.0 Å². The number of halogens is 1. The van der Waals surface area contributed by atoms with Crippen molar-refractivity contribution in [3.8, 4) is 0 Å². The highest BCUT2D eigenvalue weighted by Gasteiger charge is 2.42. The van der Waals surface area contributed by atoms with Gasteiger partial charge in [0.1, 0.15) is 0 Å². The van der Waals surface area contributed by atoms with Gasteiger partial charge in [0, 0.05) is 38.7 Å². The Morgan fingerprint density at radius 1 is 1.42 bits per heavy atom. The normalized spacial score (nSPS) is 24.0. The van der Waals surface area contributed by atoms with E-state index in [0.717, 1.165) is 0 Å². The number of amides is 2. The molecule has 9 heteroatoms. The van der Waals surface area contributed by atoms with Crippen LogP contribution in [0.3, 0.4) is 0 Å². The van der Waals surface area contributed by atoms with Gasteiger partial charge in [0.05, 0.1) is 29.2 Å². The molecule has 1 saturated heterocycles. The van der Waals surface area contributed by atoms with Gasteiger partial charge in [-0.1, -0.05) is 11.6 Å². The molecule has 2 amide bonds. The molecule has 1 aromatic rings. The number of methoxy groups -OCH3 is 1. The number of hydrogen-bond donors (Lipinski definition) is 0. The second kappa shape index (κ2) is 7.17. The van der Waals surface area contributed by atoms with Crippen LogP contribution in [0.2, 0.25) is 5.02 Å². The molecule has 0 spiro atoms. The average molecular weight is 401 g/mol. The molecule has 0 saturated carbocycles. The zero-order valence-corrected chi connectivity index (χ0v) is 16.2. The van der Waals surface area contributed by atoms with E-state index in [1.165, 1.54) is 17.0 Å². The average Bonchev–Trinajstić information content (AvgIpc) is 3.08. The molecular weight excluding hydrogens is 380 g/mol. The van der Waals surface area contributed by atoms with Crippen LogP contribution in [0.5, 0.6) is 0 Å². The van der Waals surface area contributed by atoms with Gasteiger partial charge in [0.2, 0.25) is 11.8 Å². The molecule has 2 unspecified atom stereocenters. The van der Waals surface area contributed by atoms with Crippen molar-refractivity contribution in [3.05, 3.63) is 28.8 Å². The number of nitrogens with zero attached hydrogens (tertiary/aromatic N) is 2. The lowest BCUT2D eigenvalue weighted by Gasteiger charge is -2.27. The number of likely N-dealkylation sites (tertiary alicyclic amines) is 1. The highest BCUT2D eigenvalue weighted by atomic mass is 35.5. The van der Waals surface area contributed by atoms with Crippen LogP contribution in [0, 0.1) is 5.92 Å². The van der Waals surface area contributed by atoms with Crippen LogP contribution in [0.4, 0.5) is 0 Å². The summed E-state index contributed by atoms with van der Waals surface area (Å²) < 4.78 is 29.8. The summed E-state index contributed by atoms with van der Waals surface area (Å²) in [4.78, 5) is 28.2. The molecular formula is C17H21ClN2O5S. The molecule has 1 fully saturated rings. The predicted molar refractivity (Wildman–Crippen MR) is 95.6 cm³/mol. The molecule has 0 radical (unpaired) electrons. The van der Waals surface area contributed by atoms with Crippen molar-refractivity contribution in [2.45, 2.75) is 17.4 Å². The van der Waals surface area contributed by atoms with E-state index < -0.39 is 21.8 Å². The Labute approximate surface area is 157 Å². The maximum absolute atomic E-state index is 12.9. The number of rotatable bonds is 5. The van der Waals surface area contributed by atoms with Crippen molar-refractivity contribution in [1.82, 2.24) is 9.80 Å². The van der Waals surface area contributed by atoms with Crippen LogP contribution in [-0.2, 0) is 24.2 Å². The number of ether oxygens (including phenoxy) is 1. The molecule has 0 bridgehead atoms. The zero-order chi connectivity index (χ0) is 19.1. The molecule has 2 heterocycles. The van der Waals surface area contributed by atoms with Crippen LogP contribution in [0.1, 0.15) is 18.0 Å². The van der Waals surface area contributed by atoms with Crippen LogP contribution in [-0.4, -0.2) is 69.6 Å². The summed E-state index contributed by atoms with van der Waals surface area (Å²) in [6.07, 6.45) is 0.134. The van der Waals surface area contributed by atoms with Gasteiger partial charge in [-0.2, -0.15) is 0 Å². The van der Waals surface area contributed by atoms with Gasteiger partial charge in [0.15, 0.2) is 9.84 Å². The Morgan fingerprint density at radius 2 is 2.15 bits per heavy atom. The van der Waals surface area contributed by atoms with E-state index in [0.29, 0.717) is 30.3 Å². The lowest BCUT2D eigenvalue weighted by atomic mass is 10.0. The molecule has 0 aromatic heterocycles. The van der Waals surface area contributed by atoms with Gasteiger partial charge in [-0.15, -0.1) is 0 Å². The summed E-state index contributed by atoms with van der Waals surface area (Å²) in [5, 5.41) is 0.425. The van der Waals surface area contributed by atoms with E-state index in [9.17, 15) is 18.0 Å². The highest BCUT2D eigenvalue weighted by molar-refractivity contribution is 7.91. The quantitative estimate of drug-likeness (QED) is 0.739. The molecule has 0 N–H and O–H groups in total. The number of hydrogen-bond acceptors (Lipinski definition) is 5. The number of benzene rings is 1. The monoisotopic (exact) mass is 400 g/mol. The molecule has 26 heavy (non-hydrogen) atoms. The van der Waals surface area contributed by atoms with Crippen molar-refractivity contribution in [1.29, 1.82) is 0 Å². The van der Waals surface area contributed by atoms with Crippen LogP contribution >= 0.6 is 11.6 Å². The first-order valence-electron chi connectivity index (χ1n) is 8.30. The second-order valence-corrected chi connectivity index (χ2v) is 9.10. The Balaban J connectivity index is 1.78. The Hall–Kier alpha value is -1.64. The molecule has 1 aromatic carbocycles. The lowest BCUT2D eigenvalue weighted by molar-refractivity contribution is -0.136. The summed E-state index contributed by atoms with van der Waals surface area (Å²) in [6.45, 7) is 1.18. The third-order valence-electron chi connectivity index (χ3n) is 4.99. The third-order valence-corrected chi connectivity index (χ3v) is 7.02. The molecule has 7 nitrogen and oxygen atoms in total. The van der Waals surface area contributed by atoms with Gasteiger partial charge in [0.25, 0.3) is 0 Å². The second-order valence-electron chi connectivity index (χ2n) is 6.66. The van der Waals surface area contributed by atoms with E-state index in [4.69, 9.17) is 16.3 Å². The first-order valence-corrected chi connectivity index (χ1v) is 10.3. The van der Waals surface area contributed by atoms with Crippen molar-refractivity contribution in [2.24, 2.45) is 5.92 Å². The Morgan fingerprint density at radius 3 is 2.85 bits per heavy atom. The molecule has 2 aliphatic heterocycles. The molecule has 2 aliphatic rings. The highest BCUT2D eigenvalue weighted by Crippen LogP contribution is 2.39. The van der Waals surface area contributed by atoms with Gasteiger partial charge in [-0.25, -0.2) is 8.42 Å². The van der Waals surface area contributed by atoms with Gasteiger partial charge >= 0.3 is 0 Å². The van der Waals surface area contributed by atoms with Crippen molar-refractivity contribution < 1.29 is 22.7 Å². The van der Waals surface area contributed by atoms with Gasteiger partial charge in [-0.3, -0.25) is 9.59 Å².